The van der Waals surface area contributed by atoms with Gasteiger partial charge in [0.15, 0.2) is 10.2 Å². The normalized spacial score (nSPS) is 15.6. The Labute approximate surface area is 191 Å². The molecule has 2 heterocycles. The first-order chi connectivity index (χ1) is 14.4. The predicted octanol–water partition coefficient (Wildman–Crippen LogP) is 5.57. The fraction of sp³-hybridized carbons (Fsp3) is 0. The number of hydrogen-bond donors (Lipinski definition) is 1. The van der Waals surface area contributed by atoms with E-state index in [2.05, 4.69) is 5.32 Å². The SMILES string of the molecule is O=C1NC(=S)N(c2ccc(Cl)cc2)C(=O)/C1=C\c1ccc(Sc2ccc(Cl)cc2)o1. The maximum Gasteiger partial charge on any atom is 0.270 e. The average molecular weight is 475 g/mol. The molecule has 150 valence electrons. The highest BCUT2D eigenvalue weighted by Gasteiger charge is 2.34. The minimum Gasteiger partial charge on any atom is -0.450 e. The summed E-state index contributed by atoms with van der Waals surface area (Å²) in [4.78, 5) is 27.6. The predicted molar refractivity (Wildman–Crippen MR) is 122 cm³/mol. The second-order valence-corrected chi connectivity index (χ2v) is 8.48. The lowest BCUT2D eigenvalue weighted by Crippen LogP contribution is -2.54. The van der Waals surface area contributed by atoms with E-state index in [1.807, 2.05) is 12.1 Å². The van der Waals surface area contributed by atoms with Crippen LogP contribution in [0.2, 0.25) is 10.0 Å². The van der Waals surface area contributed by atoms with Gasteiger partial charge in [-0.25, -0.2) is 0 Å². The molecule has 0 atom stereocenters. The number of rotatable bonds is 4. The molecule has 1 N–H and O–H groups in total. The van der Waals surface area contributed by atoms with Gasteiger partial charge in [0.05, 0.1) is 5.69 Å². The first-order valence-corrected chi connectivity index (χ1v) is 10.6. The number of anilines is 1. The number of thiocarbonyl (C=S) groups is 1. The molecular formula is C21H12Cl2N2O3S2. The zero-order chi connectivity index (χ0) is 21.3. The lowest BCUT2D eigenvalue weighted by atomic mass is 10.1. The summed E-state index contributed by atoms with van der Waals surface area (Å²) in [5.74, 6) is -0.762. The van der Waals surface area contributed by atoms with Crippen LogP contribution in [0.15, 0.2) is 80.6 Å². The molecule has 0 radical (unpaired) electrons. The molecule has 1 aromatic heterocycles. The number of benzene rings is 2. The molecule has 2 aromatic carbocycles. The molecule has 1 saturated heterocycles. The van der Waals surface area contributed by atoms with Gasteiger partial charge in [0, 0.05) is 14.9 Å². The van der Waals surface area contributed by atoms with E-state index >= 15 is 0 Å². The fourth-order valence-corrected chi connectivity index (χ4v) is 4.02. The topological polar surface area (TPSA) is 62.6 Å². The Morgan fingerprint density at radius 3 is 2.23 bits per heavy atom. The second kappa shape index (κ2) is 8.65. The van der Waals surface area contributed by atoms with Gasteiger partial charge in [0.2, 0.25) is 0 Å². The number of halogens is 2. The van der Waals surface area contributed by atoms with Crippen LogP contribution in [-0.4, -0.2) is 16.9 Å². The maximum atomic E-state index is 13.0. The van der Waals surface area contributed by atoms with Gasteiger partial charge in [0.1, 0.15) is 11.3 Å². The van der Waals surface area contributed by atoms with Crippen LogP contribution in [0, 0.1) is 0 Å². The molecule has 0 bridgehead atoms. The molecule has 0 saturated carbocycles. The van der Waals surface area contributed by atoms with Crippen molar-refractivity contribution < 1.29 is 14.0 Å². The van der Waals surface area contributed by atoms with Gasteiger partial charge < -0.3 is 4.42 Å². The third kappa shape index (κ3) is 4.44. The van der Waals surface area contributed by atoms with Gasteiger partial charge in [-0.05, 0) is 79.0 Å². The molecule has 4 rings (SSSR count). The molecule has 9 heteroatoms. The van der Waals surface area contributed by atoms with E-state index in [-0.39, 0.29) is 10.7 Å². The largest absolute Gasteiger partial charge is 0.450 e. The number of carbonyl (C=O) groups excluding carboxylic acids is 2. The van der Waals surface area contributed by atoms with Gasteiger partial charge in [-0.1, -0.05) is 35.0 Å². The molecule has 0 aliphatic carbocycles. The molecule has 1 aliphatic rings. The highest BCUT2D eigenvalue weighted by molar-refractivity contribution is 7.99. The summed E-state index contributed by atoms with van der Waals surface area (Å²) < 4.78 is 5.75. The van der Waals surface area contributed by atoms with Crippen molar-refractivity contribution in [3.63, 3.8) is 0 Å². The van der Waals surface area contributed by atoms with E-state index in [1.54, 1.807) is 48.5 Å². The molecule has 0 unspecified atom stereocenters. The second-order valence-electron chi connectivity index (χ2n) is 6.15. The third-order valence-electron chi connectivity index (χ3n) is 4.11. The average Bonchev–Trinajstić information content (AvgIpc) is 3.15. The third-order valence-corrected chi connectivity index (χ3v) is 5.82. The molecular weight excluding hydrogens is 463 g/mol. The van der Waals surface area contributed by atoms with Crippen LogP contribution < -0.4 is 10.2 Å². The van der Waals surface area contributed by atoms with Crippen LogP contribution in [0.3, 0.4) is 0 Å². The van der Waals surface area contributed by atoms with Gasteiger partial charge in [-0.2, -0.15) is 0 Å². The monoisotopic (exact) mass is 474 g/mol. The van der Waals surface area contributed by atoms with Crippen molar-refractivity contribution in [2.24, 2.45) is 0 Å². The highest BCUT2D eigenvalue weighted by Crippen LogP contribution is 2.31. The Morgan fingerprint density at radius 2 is 1.57 bits per heavy atom. The lowest BCUT2D eigenvalue weighted by molar-refractivity contribution is -0.122. The van der Waals surface area contributed by atoms with Gasteiger partial charge in [-0.15, -0.1) is 0 Å². The smallest absolute Gasteiger partial charge is 0.270 e. The highest BCUT2D eigenvalue weighted by atomic mass is 35.5. The van der Waals surface area contributed by atoms with Crippen LogP contribution in [0.4, 0.5) is 5.69 Å². The van der Waals surface area contributed by atoms with E-state index in [0.717, 1.165) is 4.90 Å². The van der Waals surface area contributed by atoms with Crippen molar-refractivity contribution in [3.8, 4) is 0 Å². The fourth-order valence-electron chi connectivity index (χ4n) is 2.71. The summed E-state index contributed by atoms with van der Waals surface area (Å²) >= 11 is 18.4. The van der Waals surface area contributed by atoms with Crippen molar-refractivity contribution in [2.75, 3.05) is 4.90 Å². The number of hydrogen-bond acceptors (Lipinski definition) is 5. The first-order valence-electron chi connectivity index (χ1n) is 8.61. The molecule has 1 aliphatic heterocycles. The van der Waals surface area contributed by atoms with Crippen molar-refractivity contribution in [2.45, 2.75) is 9.99 Å². The number of amides is 2. The van der Waals surface area contributed by atoms with E-state index in [9.17, 15) is 9.59 Å². The van der Waals surface area contributed by atoms with Crippen molar-refractivity contribution in [3.05, 3.63) is 82.0 Å². The number of carbonyl (C=O) groups is 2. The minimum absolute atomic E-state index is 0.00269. The first kappa shape index (κ1) is 20.7. The Balaban J connectivity index is 1.59. The van der Waals surface area contributed by atoms with Gasteiger partial charge in [0.25, 0.3) is 11.8 Å². The Kier molecular flexibility index (Phi) is 5.97. The quantitative estimate of drug-likeness (QED) is 0.304. The molecule has 1 fully saturated rings. The minimum atomic E-state index is -0.585. The van der Waals surface area contributed by atoms with Gasteiger partial charge in [-0.3, -0.25) is 19.8 Å². The van der Waals surface area contributed by atoms with E-state index in [4.69, 9.17) is 39.8 Å². The molecule has 3 aromatic rings. The summed E-state index contributed by atoms with van der Waals surface area (Å²) in [6, 6.07) is 17.3. The van der Waals surface area contributed by atoms with E-state index < -0.39 is 11.8 Å². The number of furan rings is 1. The summed E-state index contributed by atoms with van der Waals surface area (Å²) in [5.41, 5.74) is 0.412. The number of nitrogens with one attached hydrogen (secondary N) is 1. The van der Waals surface area contributed by atoms with Crippen LogP contribution in [0.1, 0.15) is 5.76 Å². The van der Waals surface area contributed by atoms with Crippen molar-refractivity contribution in [1.29, 1.82) is 0 Å². The van der Waals surface area contributed by atoms with Crippen LogP contribution in [-0.2, 0) is 9.59 Å². The summed E-state index contributed by atoms with van der Waals surface area (Å²) in [7, 11) is 0. The summed E-state index contributed by atoms with van der Waals surface area (Å²) in [5, 5.41) is 4.31. The van der Waals surface area contributed by atoms with E-state index in [0.29, 0.717) is 26.6 Å². The zero-order valence-corrected chi connectivity index (χ0v) is 18.2. The lowest BCUT2D eigenvalue weighted by Gasteiger charge is -2.28. The van der Waals surface area contributed by atoms with Crippen LogP contribution >= 0.6 is 47.2 Å². The zero-order valence-electron chi connectivity index (χ0n) is 15.1. The summed E-state index contributed by atoms with van der Waals surface area (Å²) in [6.07, 6.45) is 1.40. The van der Waals surface area contributed by atoms with Crippen LogP contribution in [0.5, 0.6) is 0 Å². The van der Waals surface area contributed by atoms with E-state index in [1.165, 1.54) is 22.7 Å². The van der Waals surface area contributed by atoms with Crippen LogP contribution in [0.25, 0.3) is 6.08 Å². The van der Waals surface area contributed by atoms with Crippen molar-refractivity contribution >= 4 is 75.9 Å². The molecule has 2 amide bonds. The Bertz CT molecular complexity index is 1170. The van der Waals surface area contributed by atoms with Gasteiger partial charge >= 0.3 is 0 Å². The summed E-state index contributed by atoms with van der Waals surface area (Å²) in [6.45, 7) is 0. The molecule has 5 nitrogen and oxygen atoms in total. The van der Waals surface area contributed by atoms with Crippen molar-refractivity contribution in [1.82, 2.24) is 5.32 Å². The number of nitrogens with zero attached hydrogens (tertiary/aromatic N) is 1. The molecule has 0 spiro atoms. The standard InChI is InChI=1S/C21H12Cl2N2O3S2/c22-12-1-5-14(6-2-12)25-20(27)17(19(26)24-21(25)29)11-15-7-10-18(28-15)30-16-8-3-13(23)4-9-16/h1-11H,(H,24,26,29)/b17-11-. The Hall–Kier alpha value is -2.58. The maximum absolute atomic E-state index is 13.0. The molecule has 30 heavy (non-hydrogen) atoms. The Morgan fingerprint density at radius 1 is 0.933 bits per heavy atom.